The molecule has 0 fully saturated rings. The standard InChI is InChI=1S/C24H25IO3/c1-16(2)20-11-12-28-22(20)10-9-19(18-7-5-4-6-8-18)13-17-14-21(25)24(26)23(15-17)27-3/h4-8,11,13-15,22,26H,1,9-10,12H2,2-3H3/b19-13-. The monoisotopic (exact) mass is 488 g/mol. The Morgan fingerprint density at radius 2 is 2.07 bits per heavy atom. The van der Waals surface area contributed by atoms with E-state index in [1.54, 1.807) is 7.11 Å². The second kappa shape index (κ2) is 9.43. The van der Waals surface area contributed by atoms with Crippen molar-refractivity contribution in [3.63, 3.8) is 0 Å². The molecule has 146 valence electrons. The van der Waals surface area contributed by atoms with Crippen molar-refractivity contribution >= 4 is 34.2 Å². The van der Waals surface area contributed by atoms with Gasteiger partial charge >= 0.3 is 0 Å². The van der Waals surface area contributed by atoms with Crippen molar-refractivity contribution in [2.24, 2.45) is 0 Å². The SMILES string of the molecule is C=C(C)C1=CCOC1CC/C(=C/c1cc(I)c(O)c(OC)c1)c1ccccc1. The summed E-state index contributed by atoms with van der Waals surface area (Å²) in [5, 5.41) is 10.1. The van der Waals surface area contributed by atoms with E-state index in [-0.39, 0.29) is 11.9 Å². The van der Waals surface area contributed by atoms with Crippen LogP contribution in [0.3, 0.4) is 0 Å². The lowest BCUT2D eigenvalue weighted by molar-refractivity contribution is 0.117. The number of phenols is 1. The number of methoxy groups -OCH3 is 1. The first kappa shape index (κ1) is 20.7. The number of aromatic hydroxyl groups is 1. The molecule has 0 saturated heterocycles. The maximum Gasteiger partial charge on any atom is 0.171 e. The minimum absolute atomic E-state index is 0.0964. The van der Waals surface area contributed by atoms with Crippen LogP contribution in [-0.2, 0) is 4.74 Å². The van der Waals surface area contributed by atoms with Crippen LogP contribution in [0.1, 0.15) is 30.9 Å². The molecule has 1 N–H and O–H groups in total. The van der Waals surface area contributed by atoms with Gasteiger partial charge in [0.2, 0.25) is 0 Å². The zero-order chi connectivity index (χ0) is 20.1. The molecule has 1 heterocycles. The molecule has 0 saturated carbocycles. The van der Waals surface area contributed by atoms with E-state index in [0.717, 1.165) is 27.5 Å². The third-order valence-corrected chi connectivity index (χ3v) is 5.69. The molecule has 4 heteroatoms. The third kappa shape index (κ3) is 4.86. The van der Waals surface area contributed by atoms with Gasteiger partial charge in [-0.05, 0) is 76.8 Å². The molecule has 28 heavy (non-hydrogen) atoms. The van der Waals surface area contributed by atoms with E-state index < -0.39 is 0 Å². The van der Waals surface area contributed by atoms with Gasteiger partial charge in [-0.3, -0.25) is 0 Å². The van der Waals surface area contributed by atoms with Crippen LogP contribution in [0.25, 0.3) is 11.6 Å². The second-order valence-electron chi connectivity index (χ2n) is 6.89. The predicted octanol–water partition coefficient (Wildman–Crippen LogP) is 6.23. The zero-order valence-corrected chi connectivity index (χ0v) is 18.4. The normalized spacial score (nSPS) is 16.8. The summed E-state index contributed by atoms with van der Waals surface area (Å²) in [7, 11) is 1.57. The van der Waals surface area contributed by atoms with Crippen molar-refractivity contribution in [1.82, 2.24) is 0 Å². The van der Waals surface area contributed by atoms with E-state index in [1.165, 1.54) is 16.7 Å². The van der Waals surface area contributed by atoms with Gasteiger partial charge in [0, 0.05) is 0 Å². The fourth-order valence-corrected chi connectivity index (χ4v) is 4.06. The Hall–Kier alpha value is -2.05. The first-order chi connectivity index (χ1) is 13.5. The predicted molar refractivity (Wildman–Crippen MR) is 124 cm³/mol. The fraction of sp³-hybridized carbons (Fsp3) is 0.250. The second-order valence-corrected chi connectivity index (χ2v) is 8.05. The zero-order valence-electron chi connectivity index (χ0n) is 16.2. The smallest absolute Gasteiger partial charge is 0.171 e. The molecule has 0 bridgehead atoms. The Bertz CT molecular complexity index is 913. The molecule has 0 spiro atoms. The van der Waals surface area contributed by atoms with Crippen molar-refractivity contribution in [2.45, 2.75) is 25.9 Å². The van der Waals surface area contributed by atoms with E-state index in [2.05, 4.69) is 65.6 Å². The molecule has 0 aromatic heterocycles. The quantitative estimate of drug-likeness (QED) is 0.371. The minimum Gasteiger partial charge on any atom is -0.504 e. The number of allylic oxidation sites excluding steroid dienone is 1. The van der Waals surface area contributed by atoms with Crippen molar-refractivity contribution in [1.29, 1.82) is 0 Å². The molecule has 1 aliphatic heterocycles. The molecule has 0 aliphatic carbocycles. The Morgan fingerprint density at radius 3 is 2.75 bits per heavy atom. The van der Waals surface area contributed by atoms with Crippen LogP contribution in [0.5, 0.6) is 11.5 Å². The largest absolute Gasteiger partial charge is 0.504 e. The molecule has 3 nitrogen and oxygen atoms in total. The summed E-state index contributed by atoms with van der Waals surface area (Å²) in [4.78, 5) is 0. The Balaban J connectivity index is 1.90. The number of phenolic OH excluding ortho intramolecular Hbond substituents is 1. The summed E-state index contributed by atoms with van der Waals surface area (Å²) in [5.41, 5.74) is 5.70. The average molecular weight is 488 g/mol. The summed E-state index contributed by atoms with van der Waals surface area (Å²) < 4.78 is 12.0. The van der Waals surface area contributed by atoms with Gasteiger partial charge in [-0.15, -0.1) is 0 Å². The lowest BCUT2D eigenvalue weighted by Crippen LogP contribution is -2.11. The van der Waals surface area contributed by atoms with Crippen LogP contribution in [0, 0.1) is 3.57 Å². The number of ether oxygens (including phenoxy) is 2. The van der Waals surface area contributed by atoms with Gasteiger partial charge in [0.15, 0.2) is 11.5 Å². The third-order valence-electron chi connectivity index (χ3n) is 4.87. The summed E-state index contributed by atoms with van der Waals surface area (Å²) >= 11 is 2.13. The van der Waals surface area contributed by atoms with E-state index in [9.17, 15) is 5.11 Å². The van der Waals surface area contributed by atoms with Gasteiger partial charge in [-0.25, -0.2) is 0 Å². The van der Waals surface area contributed by atoms with E-state index >= 15 is 0 Å². The molecule has 2 aromatic carbocycles. The Labute approximate surface area is 180 Å². The number of benzene rings is 2. The maximum absolute atomic E-state index is 10.1. The summed E-state index contributed by atoms with van der Waals surface area (Å²) in [5.74, 6) is 0.661. The van der Waals surface area contributed by atoms with Crippen LogP contribution in [0.2, 0.25) is 0 Å². The molecular weight excluding hydrogens is 463 g/mol. The molecule has 1 atom stereocenters. The summed E-state index contributed by atoms with van der Waals surface area (Å²) in [6, 6.07) is 14.2. The van der Waals surface area contributed by atoms with Gasteiger partial charge in [0.1, 0.15) is 0 Å². The van der Waals surface area contributed by atoms with Crippen LogP contribution in [-0.4, -0.2) is 24.9 Å². The molecule has 0 amide bonds. The fourth-order valence-electron chi connectivity index (χ4n) is 3.44. The van der Waals surface area contributed by atoms with Gasteiger partial charge < -0.3 is 14.6 Å². The lowest BCUT2D eigenvalue weighted by atomic mass is 9.94. The molecule has 0 radical (unpaired) electrons. The van der Waals surface area contributed by atoms with Crippen molar-refractivity contribution in [3.8, 4) is 11.5 Å². The Morgan fingerprint density at radius 1 is 1.32 bits per heavy atom. The average Bonchev–Trinajstić information content (AvgIpc) is 3.17. The molecule has 3 rings (SSSR count). The lowest BCUT2D eigenvalue weighted by Gasteiger charge is -2.17. The first-order valence-electron chi connectivity index (χ1n) is 9.29. The minimum atomic E-state index is 0.0964. The number of rotatable bonds is 7. The summed E-state index contributed by atoms with van der Waals surface area (Å²) in [6.45, 7) is 6.77. The number of halogens is 1. The van der Waals surface area contributed by atoms with Gasteiger partial charge in [0.05, 0.1) is 23.4 Å². The molecule has 1 aliphatic rings. The van der Waals surface area contributed by atoms with Gasteiger partial charge in [0.25, 0.3) is 0 Å². The van der Waals surface area contributed by atoms with E-state index in [4.69, 9.17) is 9.47 Å². The highest BCUT2D eigenvalue weighted by atomic mass is 127. The molecular formula is C24H25IO3. The number of hydrogen-bond donors (Lipinski definition) is 1. The number of hydrogen-bond acceptors (Lipinski definition) is 3. The molecule has 1 unspecified atom stereocenters. The van der Waals surface area contributed by atoms with Crippen LogP contribution < -0.4 is 4.74 Å². The van der Waals surface area contributed by atoms with E-state index in [1.807, 2.05) is 25.1 Å². The van der Waals surface area contributed by atoms with Crippen molar-refractivity contribution < 1.29 is 14.6 Å². The Kier molecular flexibility index (Phi) is 6.97. The van der Waals surface area contributed by atoms with Crippen molar-refractivity contribution in [3.05, 3.63) is 81.0 Å². The van der Waals surface area contributed by atoms with Gasteiger partial charge in [-0.1, -0.05) is 54.6 Å². The highest BCUT2D eigenvalue weighted by molar-refractivity contribution is 14.1. The first-order valence-corrected chi connectivity index (χ1v) is 10.4. The highest BCUT2D eigenvalue weighted by Gasteiger charge is 2.21. The van der Waals surface area contributed by atoms with Crippen LogP contribution in [0.4, 0.5) is 0 Å². The maximum atomic E-state index is 10.1. The van der Waals surface area contributed by atoms with E-state index in [0.29, 0.717) is 12.4 Å². The van der Waals surface area contributed by atoms with Crippen molar-refractivity contribution in [2.75, 3.05) is 13.7 Å². The molecule has 2 aromatic rings. The van der Waals surface area contributed by atoms with Crippen LogP contribution in [0.15, 0.2) is 66.3 Å². The highest BCUT2D eigenvalue weighted by Crippen LogP contribution is 2.35. The van der Waals surface area contributed by atoms with Crippen LogP contribution >= 0.6 is 22.6 Å². The van der Waals surface area contributed by atoms with Gasteiger partial charge in [-0.2, -0.15) is 0 Å². The summed E-state index contributed by atoms with van der Waals surface area (Å²) in [6.07, 6.45) is 6.16. The topological polar surface area (TPSA) is 38.7 Å².